The fourth-order valence-corrected chi connectivity index (χ4v) is 2.50. The Morgan fingerprint density at radius 3 is 2.67 bits per heavy atom. The molecule has 1 aromatic carbocycles. The van der Waals surface area contributed by atoms with E-state index < -0.39 is 17.2 Å². The van der Waals surface area contributed by atoms with Crippen LogP contribution in [0.2, 0.25) is 0 Å². The van der Waals surface area contributed by atoms with Gasteiger partial charge in [-0.25, -0.2) is 13.8 Å². The van der Waals surface area contributed by atoms with Crippen LogP contribution in [0.15, 0.2) is 42.9 Å². The van der Waals surface area contributed by atoms with E-state index in [0.717, 1.165) is 6.07 Å². The lowest BCUT2D eigenvalue weighted by molar-refractivity contribution is 0.234. The minimum absolute atomic E-state index is 0.163. The maximum Gasteiger partial charge on any atom is 0.137 e. The van der Waals surface area contributed by atoms with Crippen LogP contribution < -0.4 is 5.32 Å². The van der Waals surface area contributed by atoms with Crippen molar-refractivity contribution >= 4 is 16.6 Å². The van der Waals surface area contributed by atoms with Crippen LogP contribution in [0.4, 0.5) is 14.6 Å². The van der Waals surface area contributed by atoms with E-state index in [1.54, 1.807) is 44.6 Å². The highest BCUT2D eigenvalue weighted by Crippen LogP contribution is 2.34. The van der Waals surface area contributed by atoms with E-state index in [2.05, 4.69) is 15.3 Å². The van der Waals surface area contributed by atoms with Gasteiger partial charge < -0.3 is 10.4 Å². The van der Waals surface area contributed by atoms with Crippen LogP contribution in [-0.2, 0) is 0 Å². The number of benzene rings is 1. The summed E-state index contributed by atoms with van der Waals surface area (Å²) in [6.07, 6.45) is 4.79. The molecule has 2 aromatic heterocycles. The van der Waals surface area contributed by atoms with Gasteiger partial charge in [-0.2, -0.15) is 0 Å². The van der Waals surface area contributed by atoms with Gasteiger partial charge in [-0.1, -0.05) is 6.07 Å². The van der Waals surface area contributed by atoms with Gasteiger partial charge >= 0.3 is 0 Å². The molecule has 0 radical (unpaired) electrons. The van der Waals surface area contributed by atoms with Gasteiger partial charge in [0.1, 0.15) is 17.5 Å². The number of halogens is 2. The Bertz CT molecular complexity index is 882. The fraction of sp³-hybridized carbons (Fsp3) is 0.222. The Hall–Kier alpha value is -2.60. The first-order valence-electron chi connectivity index (χ1n) is 7.48. The van der Waals surface area contributed by atoms with Gasteiger partial charge in [-0.3, -0.25) is 4.98 Å². The number of aliphatic hydroxyl groups excluding tert-OH is 1. The van der Waals surface area contributed by atoms with E-state index in [1.165, 1.54) is 6.07 Å². The summed E-state index contributed by atoms with van der Waals surface area (Å²) in [4.78, 5) is 8.34. The second-order valence-electron chi connectivity index (χ2n) is 6.24. The third-order valence-corrected chi connectivity index (χ3v) is 3.73. The molecule has 2 N–H and O–H groups in total. The largest absolute Gasteiger partial charge is 0.394 e. The van der Waals surface area contributed by atoms with Gasteiger partial charge in [0, 0.05) is 41.2 Å². The second-order valence-corrected chi connectivity index (χ2v) is 6.24. The summed E-state index contributed by atoms with van der Waals surface area (Å²) in [5.41, 5.74) is 0.605. The minimum Gasteiger partial charge on any atom is -0.394 e. The van der Waals surface area contributed by atoms with E-state index in [9.17, 15) is 13.9 Å². The number of nitrogens with one attached hydrogen (secondary N) is 1. The topological polar surface area (TPSA) is 58.0 Å². The van der Waals surface area contributed by atoms with Crippen molar-refractivity contribution in [3.63, 3.8) is 0 Å². The Morgan fingerprint density at radius 2 is 2.00 bits per heavy atom. The first-order chi connectivity index (χ1) is 11.4. The van der Waals surface area contributed by atoms with Gasteiger partial charge in [0.2, 0.25) is 0 Å². The standard InChI is InChI=1S/C18H17F2N3O/c1-18(2,10-24)23-17-16-13(6-12(19)7-15(16)20)14(9-22-17)11-4-3-5-21-8-11/h3-9,24H,10H2,1-2H3,(H,22,23). The Balaban J connectivity index is 2.27. The number of hydrogen-bond acceptors (Lipinski definition) is 4. The number of fused-ring (bicyclic) bond motifs is 1. The molecule has 3 aromatic rings. The van der Waals surface area contributed by atoms with Crippen molar-refractivity contribution in [2.45, 2.75) is 19.4 Å². The Labute approximate surface area is 138 Å². The van der Waals surface area contributed by atoms with E-state index in [0.29, 0.717) is 16.5 Å². The lowest BCUT2D eigenvalue weighted by Gasteiger charge is -2.25. The summed E-state index contributed by atoms with van der Waals surface area (Å²) in [7, 11) is 0. The predicted octanol–water partition coefficient (Wildman–Crippen LogP) is 3.76. The number of nitrogens with zero attached hydrogens (tertiary/aromatic N) is 2. The zero-order valence-electron chi connectivity index (χ0n) is 13.3. The number of hydrogen-bond donors (Lipinski definition) is 2. The first-order valence-corrected chi connectivity index (χ1v) is 7.48. The zero-order chi connectivity index (χ0) is 17.3. The number of aromatic nitrogens is 2. The summed E-state index contributed by atoms with van der Waals surface area (Å²) in [5.74, 6) is -1.11. The molecule has 0 aliphatic heterocycles. The average Bonchev–Trinajstić information content (AvgIpc) is 2.55. The van der Waals surface area contributed by atoms with Crippen molar-refractivity contribution in [3.8, 4) is 11.1 Å². The van der Waals surface area contributed by atoms with E-state index in [1.807, 2.05) is 0 Å². The molecule has 6 heteroatoms. The normalized spacial score (nSPS) is 11.7. The number of rotatable bonds is 4. The molecule has 0 atom stereocenters. The third-order valence-electron chi connectivity index (χ3n) is 3.73. The van der Waals surface area contributed by atoms with Gasteiger partial charge in [0.05, 0.1) is 17.5 Å². The summed E-state index contributed by atoms with van der Waals surface area (Å²) in [5, 5.41) is 13.0. The molecular formula is C18H17F2N3O. The summed E-state index contributed by atoms with van der Waals surface area (Å²) >= 11 is 0. The Morgan fingerprint density at radius 1 is 1.21 bits per heavy atom. The van der Waals surface area contributed by atoms with E-state index in [4.69, 9.17) is 0 Å². The minimum atomic E-state index is -0.709. The van der Waals surface area contributed by atoms with E-state index >= 15 is 0 Å². The average molecular weight is 329 g/mol. The van der Waals surface area contributed by atoms with Crippen molar-refractivity contribution in [2.24, 2.45) is 0 Å². The van der Waals surface area contributed by atoms with E-state index in [-0.39, 0.29) is 17.8 Å². The van der Waals surface area contributed by atoms with Crippen molar-refractivity contribution in [2.75, 3.05) is 11.9 Å². The molecule has 0 aliphatic rings. The maximum atomic E-state index is 14.5. The molecule has 0 saturated carbocycles. The summed E-state index contributed by atoms with van der Waals surface area (Å²) in [6.45, 7) is 3.36. The number of pyridine rings is 2. The highest BCUT2D eigenvalue weighted by atomic mass is 19.1. The number of anilines is 1. The zero-order valence-corrected chi connectivity index (χ0v) is 13.3. The van der Waals surface area contributed by atoms with Crippen LogP contribution in [0.3, 0.4) is 0 Å². The third kappa shape index (κ3) is 3.05. The summed E-state index contributed by atoms with van der Waals surface area (Å²) < 4.78 is 28.3. The molecule has 4 nitrogen and oxygen atoms in total. The van der Waals surface area contributed by atoms with Crippen LogP contribution in [0, 0.1) is 11.6 Å². The summed E-state index contributed by atoms with van der Waals surface area (Å²) in [6, 6.07) is 5.66. The molecule has 0 saturated heterocycles. The smallest absolute Gasteiger partial charge is 0.137 e. The lowest BCUT2D eigenvalue weighted by atomic mass is 10.00. The molecule has 124 valence electrons. The molecule has 2 heterocycles. The quantitative estimate of drug-likeness (QED) is 0.765. The molecule has 24 heavy (non-hydrogen) atoms. The first kappa shape index (κ1) is 16.3. The van der Waals surface area contributed by atoms with Crippen molar-refractivity contribution in [3.05, 3.63) is 54.5 Å². The highest BCUT2D eigenvalue weighted by Gasteiger charge is 2.21. The van der Waals surface area contributed by atoms with Crippen molar-refractivity contribution < 1.29 is 13.9 Å². The van der Waals surface area contributed by atoms with Crippen LogP contribution in [0.5, 0.6) is 0 Å². The Kier molecular flexibility index (Phi) is 4.15. The van der Waals surface area contributed by atoms with Gasteiger partial charge in [-0.05, 0) is 26.0 Å². The molecule has 0 fully saturated rings. The van der Waals surface area contributed by atoms with Gasteiger partial charge in [-0.15, -0.1) is 0 Å². The number of aliphatic hydroxyl groups is 1. The van der Waals surface area contributed by atoms with Crippen LogP contribution in [0.25, 0.3) is 21.9 Å². The van der Waals surface area contributed by atoms with Crippen LogP contribution >= 0.6 is 0 Å². The molecule has 0 aliphatic carbocycles. The second kappa shape index (κ2) is 6.13. The highest BCUT2D eigenvalue weighted by molar-refractivity contribution is 6.02. The predicted molar refractivity (Wildman–Crippen MR) is 89.7 cm³/mol. The SMILES string of the molecule is CC(C)(CO)Nc1ncc(-c2cccnc2)c2cc(F)cc(F)c12. The molecule has 0 spiro atoms. The molecule has 0 bridgehead atoms. The molecular weight excluding hydrogens is 312 g/mol. The maximum absolute atomic E-state index is 14.5. The molecule has 0 unspecified atom stereocenters. The molecule has 3 rings (SSSR count). The lowest BCUT2D eigenvalue weighted by Crippen LogP contribution is -2.35. The van der Waals surface area contributed by atoms with Crippen molar-refractivity contribution in [1.29, 1.82) is 0 Å². The van der Waals surface area contributed by atoms with Crippen LogP contribution in [0.1, 0.15) is 13.8 Å². The molecule has 0 amide bonds. The van der Waals surface area contributed by atoms with Gasteiger partial charge in [0.15, 0.2) is 0 Å². The van der Waals surface area contributed by atoms with Crippen LogP contribution in [-0.4, -0.2) is 27.2 Å². The van der Waals surface area contributed by atoms with Crippen molar-refractivity contribution in [1.82, 2.24) is 9.97 Å². The van der Waals surface area contributed by atoms with Gasteiger partial charge in [0.25, 0.3) is 0 Å². The fourth-order valence-electron chi connectivity index (χ4n) is 2.50. The monoisotopic (exact) mass is 329 g/mol.